The Balaban J connectivity index is 2.14. The molecular weight excluding hydrogens is 244 g/mol. The van der Waals surface area contributed by atoms with Crippen molar-refractivity contribution in [1.82, 2.24) is 4.98 Å². The molecule has 1 aromatic carbocycles. The van der Waals surface area contributed by atoms with Gasteiger partial charge in [0.25, 0.3) is 0 Å². The molecule has 0 aliphatic carbocycles. The molecule has 0 saturated carbocycles. The zero-order chi connectivity index (χ0) is 13.0. The maximum atomic E-state index is 6.00. The van der Waals surface area contributed by atoms with E-state index in [9.17, 15) is 0 Å². The molecule has 1 aromatic heterocycles. The number of ether oxygens (including phenoxy) is 1. The molecule has 0 amide bonds. The molecule has 0 radical (unpaired) electrons. The number of thiazole rings is 1. The number of unbranched alkanes of at least 4 members (excludes halogenated alkanes) is 1. The van der Waals surface area contributed by atoms with Gasteiger partial charge in [0.1, 0.15) is 10.8 Å². The molecule has 0 aliphatic rings. The van der Waals surface area contributed by atoms with Crippen LogP contribution in [0.1, 0.15) is 24.6 Å². The summed E-state index contributed by atoms with van der Waals surface area (Å²) >= 11 is 1.67. The summed E-state index contributed by atoms with van der Waals surface area (Å²) in [4.78, 5) is 5.56. The molecule has 1 heterocycles. The van der Waals surface area contributed by atoms with E-state index in [-0.39, 0.29) is 0 Å². The molecular formula is C14H18N2OS. The van der Waals surface area contributed by atoms with Gasteiger partial charge < -0.3 is 10.5 Å². The van der Waals surface area contributed by atoms with Crippen LogP contribution in [0.15, 0.2) is 24.4 Å². The number of hydrogen-bond acceptors (Lipinski definition) is 4. The summed E-state index contributed by atoms with van der Waals surface area (Å²) in [6, 6.07) is 5.87. The van der Waals surface area contributed by atoms with Gasteiger partial charge in [-0.25, -0.2) is 4.98 Å². The molecule has 3 nitrogen and oxygen atoms in total. The van der Waals surface area contributed by atoms with E-state index in [1.54, 1.807) is 11.3 Å². The Morgan fingerprint density at radius 2 is 2.22 bits per heavy atom. The lowest BCUT2D eigenvalue weighted by Gasteiger charge is -2.09. The topological polar surface area (TPSA) is 48.1 Å². The third-order valence-corrected chi connectivity index (χ3v) is 3.60. The quantitative estimate of drug-likeness (QED) is 0.657. The molecule has 2 aromatic rings. The van der Waals surface area contributed by atoms with Crippen molar-refractivity contribution in [3.05, 3.63) is 29.3 Å². The van der Waals surface area contributed by atoms with Crippen LogP contribution in [0.25, 0.3) is 10.6 Å². The van der Waals surface area contributed by atoms with E-state index >= 15 is 0 Å². The number of nitrogens with two attached hydrogens (primary N) is 1. The molecule has 0 atom stereocenters. The number of nitrogens with zero attached hydrogens (tertiary/aromatic N) is 1. The predicted octanol–water partition coefficient (Wildman–Crippen LogP) is 3.88. The Morgan fingerprint density at radius 1 is 1.39 bits per heavy atom. The van der Waals surface area contributed by atoms with Gasteiger partial charge in [-0.1, -0.05) is 13.3 Å². The summed E-state index contributed by atoms with van der Waals surface area (Å²) < 4.78 is 5.63. The molecule has 2 N–H and O–H groups in total. The van der Waals surface area contributed by atoms with Crippen molar-refractivity contribution >= 4 is 17.0 Å². The van der Waals surface area contributed by atoms with Gasteiger partial charge in [0.15, 0.2) is 0 Å². The fraction of sp³-hybridized carbons (Fsp3) is 0.357. The fourth-order valence-electron chi connectivity index (χ4n) is 1.63. The lowest BCUT2D eigenvalue weighted by molar-refractivity contribution is 0.311. The molecule has 0 aliphatic heterocycles. The maximum absolute atomic E-state index is 6.00. The highest BCUT2D eigenvalue weighted by Crippen LogP contribution is 2.30. The second-order valence-corrected chi connectivity index (χ2v) is 5.47. The zero-order valence-corrected chi connectivity index (χ0v) is 11.6. The van der Waals surface area contributed by atoms with E-state index < -0.39 is 0 Å². The summed E-state index contributed by atoms with van der Waals surface area (Å²) in [5.41, 5.74) is 7.73. The van der Waals surface area contributed by atoms with Gasteiger partial charge in [-0.2, -0.15) is 0 Å². The molecule has 0 unspecified atom stereocenters. The van der Waals surface area contributed by atoms with Crippen LogP contribution in [-0.4, -0.2) is 11.6 Å². The van der Waals surface area contributed by atoms with Gasteiger partial charge in [-0.3, -0.25) is 0 Å². The summed E-state index contributed by atoms with van der Waals surface area (Å²) in [5.74, 6) is 0.764. The maximum Gasteiger partial charge on any atom is 0.142 e. The van der Waals surface area contributed by atoms with Crippen LogP contribution in [-0.2, 0) is 0 Å². The van der Waals surface area contributed by atoms with Crippen molar-refractivity contribution in [3.63, 3.8) is 0 Å². The van der Waals surface area contributed by atoms with Crippen LogP contribution in [0.4, 0.5) is 5.69 Å². The Bertz CT molecular complexity index is 522. The lowest BCUT2D eigenvalue weighted by Crippen LogP contribution is -1.99. The largest absolute Gasteiger partial charge is 0.491 e. The molecule has 18 heavy (non-hydrogen) atoms. The summed E-state index contributed by atoms with van der Waals surface area (Å²) in [7, 11) is 0. The normalized spacial score (nSPS) is 10.6. The fourth-order valence-corrected chi connectivity index (χ4v) is 2.39. The van der Waals surface area contributed by atoms with Gasteiger partial charge >= 0.3 is 0 Å². The lowest BCUT2D eigenvalue weighted by atomic mass is 10.2. The summed E-state index contributed by atoms with van der Waals surface area (Å²) in [6.07, 6.45) is 4.05. The van der Waals surface area contributed by atoms with E-state index in [4.69, 9.17) is 10.5 Å². The third-order valence-electron chi connectivity index (χ3n) is 2.63. The van der Waals surface area contributed by atoms with E-state index in [2.05, 4.69) is 11.9 Å². The Hall–Kier alpha value is -1.55. The minimum atomic E-state index is 0.677. The van der Waals surface area contributed by atoms with Crippen molar-refractivity contribution in [1.29, 1.82) is 0 Å². The second-order valence-electron chi connectivity index (χ2n) is 4.23. The Morgan fingerprint density at radius 3 is 2.83 bits per heavy atom. The Kier molecular flexibility index (Phi) is 4.20. The zero-order valence-electron chi connectivity index (χ0n) is 10.8. The average molecular weight is 262 g/mol. The standard InChI is InChI=1S/C14H18N2OS/c1-3-4-7-17-13-6-5-11(8-12(13)15)14-16-9-10(2)18-14/h5-6,8-9H,3-4,7,15H2,1-2H3. The summed E-state index contributed by atoms with van der Waals surface area (Å²) in [5, 5.41) is 0.999. The molecule has 0 spiro atoms. The average Bonchev–Trinajstić information content (AvgIpc) is 2.78. The van der Waals surface area contributed by atoms with Gasteiger partial charge in [-0.05, 0) is 31.5 Å². The molecule has 2 rings (SSSR count). The molecule has 0 fully saturated rings. The first-order valence-electron chi connectivity index (χ1n) is 6.16. The monoisotopic (exact) mass is 262 g/mol. The van der Waals surface area contributed by atoms with Crippen LogP contribution < -0.4 is 10.5 Å². The van der Waals surface area contributed by atoms with Crippen LogP contribution >= 0.6 is 11.3 Å². The van der Waals surface area contributed by atoms with Crippen LogP contribution in [0.3, 0.4) is 0 Å². The molecule has 96 valence electrons. The first kappa shape index (κ1) is 12.9. The van der Waals surface area contributed by atoms with E-state index in [1.807, 2.05) is 31.3 Å². The van der Waals surface area contributed by atoms with Gasteiger partial charge in [-0.15, -0.1) is 11.3 Å². The number of nitrogen functional groups attached to an aromatic ring is 1. The third kappa shape index (κ3) is 3.01. The first-order valence-corrected chi connectivity index (χ1v) is 6.97. The Labute approximate surface area is 112 Å². The highest BCUT2D eigenvalue weighted by atomic mass is 32.1. The molecule has 0 bridgehead atoms. The number of benzene rings is 1. The molecule has 0 saturated heterocycles. The number of hydrogen-bond donors (Lipinski definition) is 1. The van der Waals surface area contributed by atoms with Gasteiger partial charge in [0, 0.05) is 16.6 Å². The minimum absolute atomic E-state index is 0.677. The number of rotatable bonds is 5. The van der Waals surface area contributed by atoms with Crippen LogP contribution in [0.2, 0.25) is 0 Å². The van der Waals surface area contributed by atoms with Crippen LogP contribution in [0, 0.1) is 6.92 Å². The van der Waals surface area contributed by atoms with Crippen molar-refractivity contribution in [3.8, 4) is 16.3 Å². The predicted molar refractivity (Wildman–Crippen MR) is 77.1 cm³/mol. The minimum Gasteiger partial charge on any atom is -0.491 e. The van der Waals surface area contributed by atoms with Gasteiger partial charge in [0.05, 0.1) is 12.3 Å². The smallest absolute Gasteiger partial charge is 0.142 e. The van der Waals surface area contributed by atoms with E-state index in [0.717, 1.165) is 35.8 Å². The van der Waals surface area contributed by atoms with Crippen molar-refractivity contribution in [2.45, 2.75) is 26.7 Å². The number of anilines is 1. The van der Waals surface area contributed by atoms with Crippen molar-refractivity contribution < 1.29 is 4.74 Å². The SMILES string of the molecule is CCCCOc1ccc(-c2ncc(C)s2)cc1N. The molecule has 4 heteroatoms. The second kappa shape index (κ2) is 5.87. The first-order chi connectivity index (χ1) is 8.70. The van der Waals surface area contributed by atoms with E-state index in [1.165, 1.54) is 4.88 Å². The highest BCUT2D eigenvalue weighted by molar-refractivity contribution is 7.14. The van der Waals surface area contributed by atoms with Crippen molar-refractivity contribution in [2.24, 2.45) is 0 Å². The summed E-state index contributed by atoms with van der Waals surface area (Å²) in [6.45, 7) is 4.91. The number of aromatic nitrogens is 1. The van der Waals surface area contributed by atoms with E-state index in [0.29, 0.717) is 5.69 Å². The van der Waals surface area contributed by atoms with Gasteiger partial charge in [0.2, 0.25) is 0 Å². The van der Waals surface area contributed by atoms with Crippen molar-refractivity contribution in [2.75, 3.05) is 12.3 Å². The van der Waals surface area contributed by atoms with Crippen LogP contribution in [0.5, 0.6) is 5.75 Å². The highest BCUT2D eigenvalue weighted by Gasteiger charge is 2.06. The number of aryl methyl sites for hydroxylation is 1.